The van der Waals surface area contributed by atoms with Gasteiger partial charge in [-0.1, -0.05) is 11.6 Å². The van der Waals surface area contributed by atoms with Gasteiger partial charge in [-0.3, -0.25) is 0 Å². The van der Waals surface area contributed by atoms with Gasteiger partial charge in [0.25, 0.3) is 0 Å². The van der Waals surface area contributed by atoms with Gasteiger partial charge in [0.15, 0.2) is 0 Å². The minimum atomic E-state index is -4.51. The minimum absolute atomic E-state index is 0.142. The van der Waals surface area contributed by atoms with Crippen LogP contribution in [0.5, 0.6) is 11.8 Å². The van der Waals surface area contributed by atoms with E-state index in [9.17, 15) is 13.2 Å². The predicted octanol–water partition coefficient (Wildman–Crippen LogP) is 4.16. The Balaban J connectivity index is 2.13. The van der Waals surface area contributed by atoms with Crippen molar-refractivity contribution in [1.29, 1.82) is 0 Å². The quantitative estimate of drug-likeness (QED) is 0.617. The average Bonchev–Trinajstić information content (AvgIpc) is 2.47. The van der Waals surface area contributed by atoms with E-state index in [-0.39, 0.29) is 16.8 Å². The number of hydrogen-bond donors (Lipinski definition) is 0. The molecule has 5 nitrogen and oxygen atoms in total. The summed E-state index contributed by atoms with van der Waals surface area (Å²) in [6.07, 6.45) is -0.810. The van der Waals surface area contributed by atoms with Crippen molar-refractivity contribution in [2.24, 2.45) is 4.99 Å². The fraction of sp³-hybridized carbons (Fsp3) is 0.214. The molecule has 9 heteroatoms. The van der Waals surface area contributed by atoms with Gasteiger partial charge in [-0.05, 0) is 12.1 Å². The molecule has 0 aliphatic heterocycles. The molecule has 0 saturated carbocycles. The number of rotatable bonds is 4. The number of hydrogen-bond acceptors (Lipinski definition) is 4. The number of aliphatic imine (C=N–C) groups is 1. The van der Waals surface area contributed by atoms with Gasteiger partial charge >= 0.3 is 6.18 Å². The molecule has 0 N–H and O–H groups in total. The summed E-state index contributed by atoms with van der Waals surface area (Å²) in [5.41, 5.74) is -0.353. The monoisotopic (exact) mass is 344 g/mol. The Morgan fingerprint density at radius 3 is 2.48 bits per heavy atom. The lowest BCUT2D eigenvalue weighted by molar-refractivity contribution is -0.137. The zero-order valence-electron chi connectivity index (χ0n) is 12.2. The van der Waals surface area contributed by atoms with Crippen LogP contribution in [-0.4, -0.2) is 35.3 Å². The Bertz CT molecular complexity index is 702. The molecule has 2 rings (SSSR count). The van der Waals surface area contributed by atoms with Gasteiger partial charge in [-0.2, -0.15) is 13.2 Å². The third-order valence-corrected chi connectivity index (χ3v) is 2.77. The second-order valence-electron chi connectivity index (χ2n) is 4.67. The smallest absolute Gasteiger partial charge is 0.417 e. The maximum absolute atomic E-state index is 12.5. The first-order valence-corrected chi connectivity index (χ1v) is 6.71. The number of alkyl halides is 3. The molecular formula is C14H12ClF3N4O. The van der Waals surface area contributed by atoms with Crippen LogP contribution in [-0.2, 0) is 6.18 Å². The maximum Gasteiger partial charge on any atom is 0.417 e. The van der Waals surface area contributed by atoms with Crippen molar-refractivity contribution in [2.45, 2.75) is 6.18 Å². The molecule has 0 bridgehead atoms. The molecule has 0 atom stereocenters. The van der Waals surface area contributed by atoms with Gasteiger partial charge in [0.05, 0.1) is 23.8 Å². The largest absolute Gasteiger partial charge is 0.419 e. The van der Waals surface area contributed by atoms with Crippen molar-refractivity contribution in [3.05, 3.63) is 41.2 Å². The van der Waals surface area contributed by atoms with Gasteiger partial charge in [0, 0.05) is 26.4 Å². The van der Waals surface area contributed by atoms with Crippen molar-refractivity contribution in [3.8, 4) is 11.8 Å². The van der Waals surface area contributed by atoms with Crippen LogP contribution < -0.4 is 4.74 Å². The highest BCUT2D eigenvalue weighted by Crippen LogP contribution is 2.34. The van der Waals surface area contributed by atoms with E-state index >= 15 is 0 Å². The highest BCUT2D eigenvalue weighted by Gasteiger charge is 2.31. The van der Waals surface area contributed by atoms with Gasteiger partial charge < -0.3 is 9.64 Å². The first kappa shape index (κ1) is 17.0. The first-order chi connectivity index (χ1) is 10.8. The van der Waals surface area contributed by atoms with Crippen molar-refractivity contribution in [2.75, 3.05) is 14.1 Å². The molecule has 0 spiro atoms. The highest BCUT2D eigenvalue weighted by atomic mass is 35.5. The van der Waals surface area contributed by atoms with E-state index in [0.29, 0.717) is 11.9 Å². The number of ether oxygens (including phenoxy) is 1. The van der Waals surface area contributed by atoms with Crippen molar-refractivity contribution < 1.29 is 17.9 Å². The summed E-state index contributed by atoms with van der Waals surface area (Å²) in [6, 6.07) is 3.90. The molecule has 0 radical (unpaired) electrons. The highest BCUT2D eigenvalue weighted by molar-refractivity contribution is 6.31. The average molecular weight is 345 g/mol. The second-order valence-corrected chi connectivity index (χ2v) is 5.08. The van der Waals surface area contributed by atoms with E-state index in [1.807, 2.05) is 14.1 Å². The van der Waals surface area contributed by atoms with E-state index in [4.69, 9.17) is 16.3 Å². The normalized spacial score (nSPS) is 11.7. The van der Waals surface area contributed by atoms with Crippen LogP contribution in [0.25, 0.3) is 0 Å². The molecule has 0 aliphatic carbocycles. The van der Waals surface area contributed by atoms with E-state index < -0.39 is 11.7 Å². The fourth-order valence-corrected chi connectivity index (χ4v) is 1.65. The molecule has 2 aromatic heterocycles. The summed E-state index contributed by atoms with van der Waals surface area (Å²) in [7, 11) is 3.65. The van der Waals surface area contributed by atoms with Gasteiger partial charge in [-0.25, -0.2) is 15.0 Å². The minimum Gasteiger partial charge on any atom is -0.419 e. The number of aromatic nitrogens is 2. The molecule has 23 heavy (non-hydrogen) atoms. The van der Waals surface area contributed by atoms with Crippen molar-refractivity contribution in [3.63, 3.8) is 0 Å². The Kier molecular flexibility index (Phi) is 5.05. The summed E-state index contributed by atoms with van der Waals surface area (Å²) < 4.78 is 42.9. The predicted molar refractivity (Wildman–Crippen MR) is 80.4 cm³/mol. The van der Waals surface area contributed by atoms with Crippen LogP contribution in [0.4, 0.5) is 18.9 Å². The number of halogens is 4. The number of pyridine rings is 2. The van der Waals surface area contributed by atoms with E-state index in [1.54, 1.807) is 17.3 Å². The van der Waals surface area contributed by atoms with Gasteiger partial charge in [-0.15, -0.1) is 0 Å². The third-order valence-electron chi connectivity index (χ3n) is 2.49. The van der Waals surface area contributed by atoms with E-state index in [1.165, 1.54) is 12.3 Å². The lowest BCUT2D eigenvalue weighted by atomic mass is 10.3. The van der Waals surface area contributed by atoms with E-state index in [2.05, 4.69) is 15.0 Å². The Morgan fingerprint density at radius 2 is 1.96 bits per heavy atom. The van der Waals surface area contributed by atoms with Crippen molar-refractivity contribution in [1.82, 2.24) is 14.9 Å². The Labute approximate surface area is 135 Å². The summed E-state index contributed by atoms with van der Waals surface area (Å²) in [5.74, 6) is -0.0142. The van der Waals surface area contributed by atoms with Crippen LogP contribution in [0, 0.1) is 0 Å². The first-order valence-electron chi connectivity index (χ1n) is 6.33. The molecule has 0 amide bonds. The topological polar surface area (TPSA) is 50.6 Å². The fourth-order valence-electron chi connectivity index (χ4n) is 1.45. The summed E-state index contributed by atoms with van der Waals surface area (Å²) in [4.78, 5) is 13.4. The summed E-state index contributed by atoms with van der Waals surface area (Å²) in [6.45, 7) is 0. The van der Waals surface area contributed by atoms with Gasteiger partial charge in [0.1, 0.15) is 5.02 Å². The SMILES string of the molecule is CN(C)C=Nc1ccc(Oc2ncc(C(F)(F)F)cc2Cl)nc1. The van der Waals surface area contributed by atoms with Crippen LogP contribution >= 0.6 is 11.6 Å². The summed E-state index contributed by atoms with van der Waals surface area (Å²) >= 11 is 5.76. The van der Waals surface area contributed by atoms with Gasteiger partial charge in [0.2, 0.25) is 11.8 Å². The standard InChI is InChI=1S/C14H12ClF3N4O/c1-22(2)8-21-10-3-4-12(19-7-10)23-13-11(15)5-9(6-20-13)14(16,17)18/h3-8H,1-2H3. The molecule has 0 aromatic carbocycles. The van der Waals surface area contributed by atoms with Crippen LogP contribution in [0.1, 0.15) is 5.56 Å². The Morgan fingerprint density at radius 1 is 1.22 bits per heavy atom. The molecular weight excluding hydrogens is 333 g/mol. The second kappa shape index (κ2) is 6.82. The zero-order valence-corrected chi connectivity index (χ0v) is 12.9. The molecule has 2 heterocycles. The lowest BCUT2D eigenvalue weighted by Crippen LogP contribution is -2.07. The number of nitrogens with zero attached hydrogens (tertiary/aromatic N) is 4. The Hall–Kier alpha value is -2.35. The molecule has 0 saturated heterocycles. The molecule has 0 aliphatic rings. The van der Waals surface area contributed by atoms with E-state index in [0.717, 1.165) is 6.07 Å². The molecule has 122 valence electrons. The van der Waals surface area contributed by atoms with Crippen LogP contribution in [0.15, 0.2) is 35.6 Å². The molecule has 0 fully saturated rings. The van der Waals surface area contributed by atoms with Crippen molar-refractivity contribution >= 4 is 23.6 Å². The lowest BCUT2D eigenvalue weighted by Gasteiger charge is -2.09. The van der Waals surface area contributed by atoms with Crippen LogP contribution in [0.3, 0.4) is 0 Å². The zero-order chi connectivity index (χ0) is 17.0. The molecule has 0 unspecified atom stereocenters. The summed E-state index contributed by atoms with van der Waals surface area (Å²) in [5, 5.41) is -0.253. The third kappa shape index (κ3) is 4.82. The molecule has 2 aromatic rings. The maximum atomic E-state index is 12.5. The van der Waals surface area contributed by atoms with Crippen LogP contribution in [0.2, 0.25) is 5.02 Å².